The lowest BCUT2D eigenvalue weighted by molar-refractivity contribution is -0.129. The second kappa shape index (κ2) is 11.3. The molecule has 0 saturated heterocycles. The quantitative estimate of drug-likeness (QED) is 0.128. The number of nitrogens with one attached hydrogen (secondary N) is 4. The Hall–Kier alpha value is -4.24. The Morgan fingerprint density at radius 2 is 1.69 bits per heavy atom. The summed E-state index contributed by atoms with van der Waals surface area (Å²) in [5.74, 6) is 0.193. The number of hydrogen-bond donors (Lipinski definition) is 5. The van der Waals surface area contributed by atoms with Crippen LogP contribution in [0.15, 0.2) is 67.0 Å². The number of aromatic amines is 1. The molecule has 180 valence electrons. The fourth-order valence-electron chi connectivity index (χ4n) is 3.82. The van der Waals surface area contributed by atoms with E-state index in [0.717, 1.165) is 28.1 Å². The Morgan fingerprint density at radius 3 is 2.40 bits per heavy atom. The number of anilines is 2. The molecule has 5 N–H and O–H groups in total. The minimum Gasteiger partial charge on any atom is -0.363 e. The van der Waals surface area contributed by atoms with E-state index in [-0.39, 0.29) is 18.4 Å². The number of hydroxylamine groups is 1. The number of nitrogens with zero attached hydrogens (tertiary/aromatic N) is 2. The van der Waals surface area contributed by atoms with Crippen molar-refractivity contribution in [3.63, 3.8) is 0 Å². The first-order chi connectivity index (χ1) is 17.0. The first-order valence-electron chi connectivity index (χ1n) is 11.5. The van der Waals surface area contributed by atoms with Crippen LogP contribution in [0.5, 0.6) is 0 Å². The lowest BCUT2D eigenvalue weighted by Gasteiger charge is -2.15. The van der Waals surface area contributed by atoms with Gasteiger partial charge >= 0.3 is 0 Å². The normalized spacial score (nSPS) is 11.7. The lowest BCUT2D eigenvalue weighted by Crippen LogP contribution is -2.18. The minimum atomic E-state index is -0.447. The van der Waals surface area contributed by atoms with Gasteiger partial charge in [-0.2, -0.15) is 0 Å². The summed E-state index contributed by atoms with van der Waals surface area (Å²) < 4.78 is 0. The predicted octanol–water partition coefficient (Wildman–Crippen LogP) is 4.80. The number of H-pyrrole nitrogens is 1. The van der Waals surface area contributed by atoms with Gasteiger partial charge < -0.3 is 15.6 Å². The molecule has 2 aromatic heterocycles. The Balaban J connectivity index is 1.40. The molecule has 0 aliphatic carbocycles. The SMILES string of the molecule is C[C@@H](Nc1ncnc2[nH]c(-c3ccc(NC(=O)CCCCC(=O)NO)cc3)cc12)c1ccccc1. The van der Waals surface area contributed by atoms with E-state index in [1.54, 1.807) is 5.48 Å². The van der Waals surface area contributed by atoms with E-state index in [2.05, 4.69) is 44.6 Å². The molecule has 4 rings (SSSR count). The third-order valence-electron chi connectivity index (χ3n) is 5.74. The van der Waals surface area contributed by atoms with Crippen molar-refractivity contribution in [1.82, 2.24) is 20.4 Å². The smallest absolute Gasteiger partial charge is 0.243 e. The zero-order chi connectivity index (χ0) is 24.6. The van der Waals surface area contributed by atoms with E-state index < -0.39 is 5.91 Å². The van der Waals surface area contributed by atoms with Crippen molar-refractivity contribution < 1.29 is 14.8 Å². The summed E-state index contributed by atoms with van der Waals surface area (Å²) >= 11 is 0. The molecule has 2 amide bonds. The fraction of sp³-hybridized carbons (Fsp3) is 0.231. The van der Waals surface area contributed by atoms with Gasteiger partial charge in [0.1, 0.15) is 17.8 Å². The zero-order valence-electron chi connectivity index (χ0n) is 19.4. The number of carbonyl (C=O) groups excluding carboxylic acids is 2. The van der Waals surface area contributed by atoms with Gasteiger partial charge in [-0.15, -0.1) is 0 Å². The highest BCUT2D eigenvalue weighted by Gasteiger charge is 2.13. The molecule has 35 heavy (non-hydrogen) atoms. The van der Waals surface area contributed by atoms with Gasteiger partial charge in [0.25, 0.3) is 0 Å². The third-order valence-corrected chi connectivity index (χ3v) is 5.74. The minimum absolute atomic E-state index is 0.0855. The highest BCUT2D eigenvalue weighted by molar-refractivity contribution is 5.93. The molecule has 2 heterocycles. The van der Waals surface area contributed by atoms with Gasteiger partial charge in [-0.25, -0.2) is 15.4 Å². The Morgan fingerprint density at radius 1 is 0.971 bits per heavy atom. The van der Waals surface area contributed by atoms with E-state index in [9.17, 15) is 9.59 Å². The summed E-state index contributed by atoms with van der Waals surface area (Å²) in [4.78, 5) is 35.3. The van der Waals surface area contributed by atoms with Crippen molar-refractivity contribution in [2.24, 2.45) is 0 Å². The maximum Gasteiger partial charge on any atom is 0.243 e. The first-order valence-corrected chi connectivity index (χ1v) is 11.5. The lowest BCUT2D eigenvalue weighted by atomic mass is 10.1. The number of carbonyl (C=O) groups is 2. The molecular formula is C26H28N6O3. The van der Waals surface area contributed by atoms with Gasteiger partial charge in [0.2, 0.25) is 11.8 Å². The molecule has 0 aliphatic heterocycles. The summed E-state index contributed by atoms with van der Waals surface area (Å²) in [5.41, 5.74) is 6.05. The number of amides is 2. The first kappa shape index (κ1) is 23.9. The molecule has 0 aliphatic rings. The van der Waals surface area contributed by atoms with Gasteiger partial charge in [-0.1, -0.05) is 42.5 Å². The maximum atomic E-state index is 12.1. The number of aromatic nitrogens is 3. The van der Waals surface area contributed by atoms with Gasteiger partial charge in [0.05, 0.1) is 5.39 Å². The van der Waals surface area contributed by atoms with Gasteiger partial charge in [-0.3, -0.25) is 14.8 Å². The Kier molecular flexibility index (Phi) is 7.69. The largest absolute Gasteiger partial charge is 0.363 e. The highest BCUT2D eigenvalue weighted by atomic mass is 16.5. The van der Waals surface area contributed by atoms with Crippen LogP contribution in [0.25, 0.3) is 22.3 Å². The fourth-order valence-corrected chi connectivity index (χ4v) is 3.82. The van der Waals surface area contributed by atoms with Gasteiger partial charge in [0, 0.05) is 30.3 Å². The van der Waals surface area contributed by atoms with Crippen molar-refractivity contribution in [1.29, 1.82) is 0 Å². The average Bonchev–Trinajstić information content (AvgIpc) is 3.33. The van der Waals surface area contributed by atoms with Crippen LogP contribution in [-0.4, -0.2) is 32.0 Å². The summed E-state index contributed by atoms with van der Waals surface area (Å²) in [6.45, 7) is 2.09. The van der Waals surface area contributed by atoms with E-state index >= 15 is 0 Å². The summed E-state index contributed by atoms with van der Waals surface area (Å²) in [6.07, 6.45) is 3.13. The molecule has 9 nitrogen and oxygen atoms in total. The number of hydrogen-bond acceptors (Lipinski definition) is 6. The number of fused-ring (bicyclic) bond motifs is 1. The molecule has 0 spiro atoms. The van der Waals surface area contributed by atoms with Crippen molar-refractivity contribution in [3.8, 4) is 11.3 Å². The van der Waals surface area contributed by atoms with Crippen LogP contribution in [0, 0.1) is 0 Å². The van der Waals surface area contributed by atoms with Crippen LogP contribution in [0.2, 0.25) is 0 Å². The van der Waals surface area contributed by atoms with Crippen LogP contribution in [0.3, 0.4) is 0 Å². The van der Waals surface area contributed by atoms with Crippen molar-refractivity contribution in [3.05, 3.63) is 72.6 Å². The van der Waals surface area contributed by atoms with Crippen LogP contribution in [-0.2, 0) is 9.59 Å². The van der Waals surface area contributed by atoms with Crippen molar-refractivity contribution in [2.45, 2.75) is 38.6 Å². The van der Waals surface area contributed by atoms with E-state index in [1.165, 1.54) is 11.9 Å². The number of benzene rings is 2. The van der Waals surface area contributed by atoms with Crippen LogP contribution >= 0.6 is 0 Å². The molecule has 0 radical (unpaired) electrons. The monoisotopic (exact) mass is 472 g/mol. The Labute approximate surface area is 203 Å². The Bertz CT molecular complexity index is 1290. The van der Waals surface area contributed by atoms with Crippen LogP contribution in [0.4, 0.5) is 11.5 Å². The third kappa shape index (κ3) is 6.21. The predicted molar refractivity (Wildman–Crippen MR) is 135 cm³/mol. The zero-order valence-corrected chi connectivity index (χ0v) is 19.4. The molecule has 2 aromatic carbocycles. The summed E-state index contributed by atoms with van der Waals surface area (Å²) in [7, 11) is 0. The van der Waals surface area contributed by atoms with E-state index in [1.807, 2.05) is 48.5 Å². The molecule has 4 aromatic rings. The van der Waals surface area contributed by atoms with Crippen LogP contribution in [0.1, 0.15) is 44.2 Å². The maximum absolute atomic E-state index is 12.1. The highest BCUT2D eigenvalue weighted by Crippen LogP contribution is 2.29. The van der Waals surface area contributed by atoms with Crippen molar-refractivity contribution >= 4 is 34.4 Å². The van der Waals surface area contributed by atoms with Gasteiger partial charge in [0.15, 0.2) is 0 Å². The van der Waals surface area contributed by atoms with Crippen molar-refractivity contribution in [2.75, 3.05) is 10.6 Å². The number of unbranched alkanes of at least 4 members (excludes halogenated alkanes) is 1. The molecule has 0 saturated carbocycles. The second-order valence-electron chi connectivity index (χ2n) is 8.31. The summed E-state index contributed by atoms with van der Waals surface area (Å²) in [5, 5.41) is 15.7. The molecule has 0 bridgehead atoms. The second-order valence-corrected chi connectivity index (χ2v) is 8.31. The molecular weight excluding hydrogens is 444 g/mol. The summed E-state index contributed by atoms with van der Waals surface area (Å²) in [6, 6.07) is 19.8. The van der Waals surface area contributed by atoms with E-state index in [4.69, 9.17) is 5.21 Å². The standard InChI is InChI=1S/C26H28N6O3/c1-17(18-7-3-2-4-8-18)29-25-21-15-22(31-26(21)28-16-27-25)19-11-13-20(14-12-19)30-23(33)9-5-6-10-24(34)32-35/h2-4,7-8,11-17,35H,5-6,9-10H2,1H3,(H,30,33)(H,32,34)(H2,27,28,29,31)/t17-/m1/s1. The molecule has 0 unspecified atom stereocenters. The van der Waals surface area contributed by atoms with E-state index in [0.29, 0.717) is 24.9 Å². The molecule has 9 heteroatoms. The van der Waals surface area contributed by atoms with Gasteiger partial charge in [-0.05, 0) is 49.1 Å². The average molecular weight is 473 g/mol. The molecule has 0 fully saturated rings. The topological polar surface area (TPSA) is 132 Å². The number of rotatable bonds is 10. The molecule has 1 atom stereocenters. The van der Waals surface area contributed by atoms with Crippen LogP contribution < -0.4 is 16.1 Å².